The molecule has 0 spiro atoms. The summed E-state index contributed by atoms with van der Waals surface area (Å²) in [6.07, 6.45) is 2.62. The Bertz CT molecular complexity index is 649. The van der Waals surface area contributed by atoms with Gasteiger partial charge in [0.05, 0.1) is 18.9 Å². The first-order valence-electron chi connectivity index (χ1n) is 6.89. The van der Waals surface area contributed by atoms with Crippen LogP contribution in [0.4, 0.5) is 5.69 Å². The van der Waals surface area contributed by atoms with Crippen molar-refractivity contribution in [3.8, 4) is 0 Å². The second-order valence-electron chi connectivity index (χ2n) is 4.74. The van der Waals surface area contributed by atoms with E-state index in [1.165, 1.54) is 11.3 Å². The summed E-state index contributed by atoms with van der Waals surface area (Å²) in [4.78, 5) is 12.8. The molecule has 0 unspecified atom stereocenters. The molecule has 1 heterocycles. The molecule has 2 rings (SSSR count). The van der Waals surface area contributed by atoms with Crippen LogP contribution in [0, 0.1) is 6.92 Å². The minimum absolute atomic E-state index is 0.138. The van der Waals surface area contributed by atoms with E-state index in [0.29, 0.717) is 30.3 Å². The average Bonchev–Trinajstić information content (AvgIpc) is 2.82. The van der Waals surface area contributed by atoms with Crippen molar-refractivity contribution < 1.29 is 9.53 Å². The summed E-state index contributed by atoms with van der Waals surface area (Å²) >= 11 is 1.44. The van der Waals surface area contributed by atoms with E-state index >= 15 is 0 Å². The summed E-state index contributed by atoms with van der Waals surface area (Å²) < 4.78 is 6.43. The smallest absolute Gasteiger partial charge is 0.263 e. The van der Waals surface area contributed by atoms with E-state index < -0.39 is 0 Å². The average molecular weight is 304 g/mol. The number of nitrogens with two attached hydrogens (primary N) is 1. The molecule has 0 saturated heterocycles. The van der Waals surface area contributed by atoms with Crippen LogP contribution >= 0.6 is 11.3 Å². The number of hydrogen-bond acceptors (Lipinski definition) is 4. The Morgan fingerprint density at radius 2 is 2.29 bits per heavy atom. The number of benzene rings is 1. The monoisotopic (exact) mass is 304 g/mol. The Balaban J connectivity index is 1.98. The highest BCUT2D eigenvalue weighted by Gasteiger charge is 2.16. The van der Waals surface area contributed by atoms with Gasteiger partial charge in [-0.2, -0.15) is 0 Å². The number of amides is 1. The van der Waals surface area contributed by atoms with Gasteiger partial charge in [0.15, 0.2) is 0 Å². The summed E-state index contributed by atoms with van der Waals surface area (Å²) in [5.41, 5.74) is 7.78. The van der Waals surface area contributed by atoms with Gasteiger partial charge < -0.3 is 15.8 Å². The Hall–Kier alpha value is -1.85. The molecule has 1 aromatic heterocycles. The lowest BCUT2D eigenvalue weighted by molar-refractivity contribution is 0.0922. The molecule has 1 amide bonds. The number of aryl methyl sites for hydroxylation is 1. The molecule has 0 aliphatic rings. The highest BCUT2D eigenvalue weighted by Crippen LogP contribution is 2.35. The molecule has 21 heavy (non-hydrogen) atoms. The number of nitrogens with one attached hydrogen (secondary N) is 1. The summed E-state index contributed by atoms with van der Waals surface area (Å²) in [5.74, 6) is -0.138. The molecular weight excluding hydrogens is 284 g/mol. The number of hydrogen-bond donors (Lipinski definition) is 2. The maximum atomic E-state index is 12.2. The van der Waals surface area contributed by atoms with Crippen LogP contribution in [0.2, 0.25) is 0 Å². The number of carbonyl (C=O) groups is 1. The Morgan fingerprint density at radius 1 is 1.48 bits per heavy atom. The van der Waals surface area contributed by atoms with Crippen LogP contribution in [-0.2, 0) is 4.74 Å². The van der Waals surface area contributed by atoms with Crippen LogP contribution in [0.5, 0.6) is 0 Å². The standard InChI is InChI=1S/C16H20N2O2S/c1-3-4-9-20-10-8-18-16(19)15-13(17)12-7-5-6-11(2)14(12)21-15/h3,5-7H,1,4,8-10,17H2,2H3,(H,18,19). The second kappa shape index (κ2) is 7.24. The molecule has 0 aliphatic heterocycles. The zero-order chi connectivity index (χ0) is 15.2. The van der Waals surface area contributed by atoms with E-state index in [1.54, 1.807) is 6.08 Å². The number of thiophene rings is 1. The van der Waals surface area contributed by atoms with Gasteiger partial charge in [0, 0.05) is 16.6 Å². The highest BCUT2D eigenvalue weighted by atomic mass is 32.1. The summed E-state index contributed by atoms with van der Waals surface area (Å²) in [6, 6.07) is 5.92. The molecule has 0 aliphatic carbocycles. The van der Waals surface area contributed by atoms with Gasteiger partial charge in [-0.3, -0.25) is 4.79 Å². The number of fused-ring (bicyclic) bond motifs is 1. The third-order valence-electron chi connectivity index (χ3n) is 3.16. The van der Waals surface area contributed by atoms with Crippen molar-refractivity contribution in [2.24, 2.45) is 0 Å². The SMILES string of the molecule is C=CCCOCCNC(=O)c1sc2c(C)cccc2c1N. The number of rotatable bonds is 7. The summed E-state index contributed by atoms with van der Waals surface area (Å²) in [5, 5.41) is 3.79. The van der Waals surface area contributed by atoms with Crippen LogP contribution in [0.15, 0.2) is 30.9 Å². The zero-order valence-corrected chi connectivity index (χ0v) is 13.0. The normalized spacial score (nSPS) is 10.7. The molecule has 0 atom stereocenters. The van der Waals surface area contributed by atoms with E-state index in [9.17, 15) is 4.79 Å². The summed E-state index contributed by atoms with van der Waals surface area (Å²) in [7, 11) is 0. The number of ether oxygens (including phenoxy) is 1. The van der Waals surface area contributed by atoms with Crippen molar-refractivity contribution >= 4 is 33.0 Å². The predicted octanol–water partition coefficient (Wildman–Crippen LogP) is 3.11. The molecule has 112 valence electrons. The summed E-state index contributed by atoms with van der Waals surface area (Å²) in [6.45, 7) is 7.24. The second-order valence-corrected chi connectivity index (χ2v) is 5.76. The van der Waals surface area contributed by atoms with Gasteiger partial charge in [0.1, 0.15) is 4.88 Å². The van der Waals surface area contributed by atoms with Crippen molar-refractivity contribution in [1.29, 1.82) is 0 Å². The third kappa shape index (κ3) is 3.62. The molecule has 1 aromatic carbocycles. The minimum atomic E-state index is -0.138. The van der Waals surface area contributed by atoms with Crippen molar-refractivity contribution in [3.63, 3.8) is 0 Å². The van der Waals surface area contributed by atoms with Crippen LogP contribution in [0.1, 0.15) is 21.7 Å². The molecule has 0 fully saturated rings. The highest BCUT2D eigenvalue weighted by molar-refractivity contribution is 7.21. The van der Waals surface area contributed by atoms with E-state index in [2.05, 4.69) is 11.9 Å². The van der Waals surface area contributed by atoms with Gasteiger partial charge in [0.2, 0.25) is 0 Å². The Labute approximate surface area is 128 Å². The van der Waals surface area contributed by atoms with Gasteiger partial charge in [0.25, 0.3) is 5.91 Å². The van der Waals surface area contributed by atoms with Gasteiger partial charge in [-0.15, -0.1) is 17.9 Å². The zero-order valence-electron chi connectivity index (χ0n) is 12.1. The first-order chi connectivity index (χ1) is 10.1. The van der Waals surface area contributed by atoms with Crippen molar-refractivity contribution in [2.45, 2.75) is 13.3 Å². The molecule has 5 heteroatoms. The van der Waals surface area contributed by atoms with Crippen LogP contribution in [0.25, 0.3) is 10.1 Å². The first-order valence-corrected chi connectivity index (χ1v) is 7.71. The lowest BCUT2D eigenvalue weighted by Crippen LogP contribution is -2.27. The fraction of sp³-hybridized carbons (Fsp3) is 0.312. The van der Waals surface area contributed by atoms with Crippen LogP contribution < -0.4 is 11.1 Å². The van der Waals surface area contributed by atoms with Gasteiger partial charge >= 0.3 is 0 Å². The van der Waals surface area contributed by atoms with E-state index in [4.69, 9.17) is 10.5 Å². The molecular formula is C16H20N2O2S. The van der Waals surface area contributed by atoms with Crippen LogP contribution in [0.3, 0.4) is 0 Å². The van der Waals surface area contributed by atoms with Crippen molar-refractivity contribution in [2.75, 3.05) is 25.5 Å². The van der Waals surface area contributed by atoms with Gasteiger partial charge in [-0.05, 0) is 18.9 Å². The minimum Gasteiger partial charge on any atom is -0.397 e. The number of carbonyl (C=O) groups excluding carboxylic acids is 1. The maximum Gasteiger partial charge on any atom is 0.263 e. The fourth-order valence-electron chi connectivity index (χ4n) is 2.03. The largest absolute Gasteiger partial charge is 0.397 e. The molecule has 0 bridgehead atoms. The van der Waals surface area contributed by atoms with E-state index in [0.717, 1.165) is 22.1 Å². The molecule has 4 nitrogen and oxygen atoms in total. The first kappa shape index (κ1) is 15.5. The van der Waals surface area contributed by atoms with E-state index in [-0.39, 0.29) is 5.91 Å². The Morgan fingerprint density at radius 3 is 3.00 bits per heavy atom. The van der Waals surface area contributed by atoms with Gasteiger partial charge in [-0.1, -0.05) is 24.3 Å². The van der Waals surface area contributed by atoms with Crippen molar-refractivity contribution in [1.82, 2.24) is 5.32 Å². The molecule has 2 aromatic rings. The lowest BCUT2D eigenvalue weighted by atomic mass is 10.1. The van der Waals surface area contributed by atoms with Crippen molar-refractivity contribution in [3.05, 3.63) is 41.3 Å². The lowest BCUT2D eigenvalue weighted by Gasteiger charge is -2.05. The predicted molar refractivity (Wildman–Crippen MR) is 88.9 cm³/mol. The Kier molecular flexibility index (Phi) is 5.36. The third-order valence-corrected chi connectivity index (χ3v) is 4.51. The molecule has 0 saturated carbocycles. The topological polar surface area (TPSA) is 64.3 Å². The molecule has 0 radical (unpaired) electrons. The number of nitrogen functional groups attached to an aromatic ring is 1. The number of anilines is 1. The maximum absolute atomic E-state index is 12.2. The quantitative estimate of drug-likeness (QED) is 0.610. The fourth-order valence-corrected chi connectivity index (χ4v) is 3.14. The van der Waals surface area contributed by atoms with E-state index in [1.807, 2.05) is 25.1 Å². The van der Waals surface area contributed by atoms with Crippen LogP contribution in [-0.4, -0.2) is 25.7 Å². The molecule has 3 N–H and O–H groups in total. The van der Waals surface area contributed by atoms with Gasteiger partial charge in [-0.25, -0.2) is 0 Å².